The fourth-order valence-corrected chi connectivity index (χ4v) is 4.58. The molecular weight excluding hydrogens is 463 g/mol. The Morgan fingerprint density at radius 3 is 2.82 bits per heavy atom. The van der Waals surface area contributed by atoms with Crippen molar-refractivity contribution >= 4 is 46.1 Å². The predicted octanol–water partition coefficient (Wildman–Crippen LogP) is 4.52. The molecule has 174 valence electrons. The van der Waals surface area contributed by atoms with Crippen molar-refractivity contribution in [3.05, 3.63) is 58.1 Å². The molecule has 0 N–H and O–H groups in total. The van der Waals surface area contributed by atoms with Crippen molar-refractivity contribution in [1.82, 2.24) is 19.4 Å². The molecule has 3 heterocycles. The third-order valence-corrected chi connectivity index (χ3v) is 6.62. The summed E-state index contributed by atoms with van der Waals surface area (Å²) in [6.45, 7) is 3.66. The minimum absolute atomic E-state index is 0.0123. The molecule has 4 rings (SSSR count). The fourth-order valence-electron chi connectivity index (χ4n) is 4.26. The van der Waals surface area contributed by atoms with Crippen LogP contribution in [0.5, 0.6) is 0 Å². The number of aromatic nitrogens is 3. The highest BCUT2D eigenvalue weighted by Crippen LogP contribution is 2.29. The summed E-state index contributed by atoms with van der Waals surface area (Å²) in [7, 11) is 0. The molecule has 1 fully saturated rings. The number of hydrogen-bond acceptors (Lipinski definition) is 5. The number of benzene rings is 1. The molecule has 1 aromatic carbocycles. The number of halogens is 2. The Hall–Kier alpha value is -2.64. The van der Waals surface area contributed by atoms with E-state index in [-0.39, 0.29) is 17.8 Å². The van der Waals surface area contributed by atoms with E-state index in [1.54, 1.807) is 36.4 Å². The van der Waals surface area contributed by atoms with Gasteiger partial charge in [0.1, 0.15) is 5.82 Å². The zero-order valence-corrected chi connectivity index (χ0v) is 20.0. The lowest BCUT2D eigenvalue weighted by Gasteiger charge is -2.31. The largest absolute Gasteiger partial charge is 0.466 e. The van der Waals surface area contributed by atoms with Crippen molar-refractivity contribution in [2.75, 3.05) is 19.7 Å². The Labute approximate surface area is 202 Å². The Bertz CT molecular complexity index is 1150. The molecule has 1 aliphatic heterocycles. The van der Waals surface area contributed by atoms with Gasteiger partial charge in [-0.2, -0.15) is 0 Å². The standard InChI is InChI=1S/C24H26Cl2N4O3/c1-2-33-24(32)17-6-4-9-29(15-17)23(31)7-10-30-21-13-19(26)18(25)12-20(21)28-22(30)11-16-5-3-8-27-14-16/h3,5,8,12-14,17H,2,4,6-7,9-11,15H2,1H3/t17-/m0/s1. The molecule has 2 aromatic heterocycles. The molecule has 0 saturated carbocycles. The molecule has 0 aliphatic carbocycles. The first-order chi connectivity index (χ1) is 16.0. The molecule has 3 aromatic rings. The number of aryl methyl sites for hydroxylation is 1. The maximum atomic E-state index is 13.0. The van der Waals surface area contributed by atoms with E-state index >= 15 is 0 Å². The topological polar surface area (TPSA) is 77.3 Å². The lowest BCUT2D eigenvalue weighted by molar-refractivity contribution is -0.151. The van der Waals surface area contributed by atoms with Gasteiger partial charge in [0.2, 0.25) is 5.91 Å². The molecule has 1 saturated heterocycles. The van der Waals surface area contributed by atoms with Crippen LogP contribution in [0.1, 0.15) is 37.6 Å². The lowest BCUT2D eigenvalue weighted by atomic mass is 9.98. The van der Waals surface area contributed by atoms with Gasteiger partial charge in [-0.05, 0) is 43.5 Å². The van der Waals surface area contributed by atoms with Crippen molar-refractivity contribution in [1.29, 1.82) is 0 Å². The summed E-state index contributed by atoms with van der Waals surface area (Å²) in [5.74, 6) is 0.352. The normalized spacial score (nSPS) is 16.2. The van der Waals surface area contributed by atoms with Crippen LogP contribution in [0.4, 0.5) is 0 Å². The van der Waals surface area contributed by atoms with E-state index in [1.807, 2.05) is 16.7 Å². The Balaban J connectivity index is 1.53. The number of likely N-dealkylation sites (tertiary alicyclic amines) is 1. The van der Waals surface area contributed by atoms with Gasteiger partial charge in [0.15, 0.2) is 0 Å². The van der Waals surface area contributed by atoms with Gasteiger partial charge >= 0.3 is 5.97 Å². The van der Waals surface area contributed by atoms with Crippen molar-refractivity contribution in [2.45, 2.75) is 39.2 Å². The average Bonchev–Trinajstić information content (AvgIpc) is 3.14. The number of esters is 1. The van der Waals surface area contributed by atoms with Crippen LogP contribution >= 0.6 is 23.2 Å². The van der Waals surface area contributed by atoms with E-state index in [4.69, 9.17) is 32.9 Å². The van der Waals surface area contributed by atoms with E-state index in [1.165, 1.54) is 0 Å². The molecule has 1 atom stereocenters. The Kier molecular flexibility index (Phi) is 7.50. The van der Waals surface area contributed by atoms with Gasteiger partial charge < -0.3 is 14.2 Å². The second-order valence-electron chi connectivity index (χ2n) is 8.15. The van der Waals surface area contributed by atoms with Gasteiger partial charge in [0.25, 0.3) is 0 Å². The summed E-state index contributed by atoms with van der Waals surface area (Å²) in [6.07, 6.45) is 5.94. The van der Waals surface area contributed by atoms with E-state index in [0.29, 0.717) is 49.1 Å². The van der Waals surface area contributed by atoms with Crippen molar-refractivity contribution in [2.24, 2.45) is 5.92 Å². The summed E-state index contributed by atoms with van der Waals surface area (Å²) in [6, 6.07) is 7.42. The molecule has 0 radical (unpaired) electrons. The van der Waals surface area contributed by atoms with Gasteiger partial charge in [0, 0.05) is 44.9 Å². The summed E-state index contributed by atoms with van der Waals surface area (Å²) >= 11 is 12.5. The van der Waals surface area contributed by atoms with Crippen LogP contribution in [0.15, 0.2) is 36.7 Å². The second-order valence-corrected chi connectivity index (χ2v) is 8.97. The third kappa shape index (κ3) is 5.47. The van der Waals surface area contributed by atoms with E-state index in [2.05, 4.69) is 4.98 Å². The van der Waals surface area contributed by atoms with Gasteiger partial charge in [0.05, 0.1) is 33.6 Å². The SMILES string of the molecule is CCOC(=O)[C@H]1CCCN(C(=O)CCn2c(Cc3cccnc3)nc3cc(Cl)c(Cl)cc32)C1. The number of fused-ring (bicyclic) bond motifs is 1. The Morgan fingerprint density at radius 2 is 2.06 bits per heavy atom. The minimum Gasteiger partial charge on any atom is -0.466 e. The van der Waals surface area contributed by atoms with Crippen molar-refractivity contribution in [3.8, 4) is 0 Å². The van der Waals surface area contributed by atoms with Crippen LogP contribution < -0.4 is 0 Å². The van der Waals surface area contributed by atoms with Gasteiger partial charge in [-0.3, -0.25) is 14.6 Å². The second kappa shape index (κ2) is 10.5. The smallest absolute Gasteiger partial charge is 0.310 e. The number of amides is 1. The number of rotatable bonds is 7. The van der Waals surface area contributed by atoms with Crippen LogP contribution in [0, 0.1) is 5.92 Å². The lowest BCUT2D eigenvalue weighted by Crippen LogP contribution is -2.43. The summed E-state index contributed by atoms with van der Waals surface area (Å²) < 4.78 is 7.18. The first-order valence-corrected chi connectivity index (χ1v) is 11.9. The molecule has 0 spiro atoms. The third-order valence-electron chi connectivity index (χ3n) is 5.90. The van der Waals surface area contributed by atoms with Crippen molar-refractivity contribution in [3.63, 3.8) is 0 Å². The van der Waals surface area contributed by atoms with Crippen LogP contribution in [-0.2, 0) is 27.3 Å². The number of ether oxygens (including phenoxy) is 1. The maximum absolute atomic E-state index is 13.0. The van der Waals surface area contributed by atoms with Crippen molar-refractivity contribution < 1.29 is 14.3 Å². The highest BCUT2D eigenvalue weighted by molar-refractivity contribution is 6.42. The quantitative estimate of drug-likeness (QED) is 0.456. The predicted molar refractivity (Wildman–Crippen MR) is 127 cm³/mol. The summed E-state index contributed by atoms with van der Waals surface area (Å²) in [5, 5.41) is 0.883. The molecule has 1 aliphatic rings. The fraction of sp³-hybridized carbons (Fsp3) is 0.417. The molecule has 1 amide bonds. The summed E-state index contributed by atoms with van der Waals surface area (Å²) in [4.78, 5) is 35.9. The zero-order valence-electron chi connectivity index (χ0n) is 18.5. The number of nitrogens with zero attached hydrogens (tertiary/aromatic N) is 4. The molecule has 0 unspecified atom stereocenters. The molecular formula is C24H26Cl2N4O3. The number of imidazole rings is 1. The monoisotopic (exact) mass is 488 g/mol. The van der Waals surface area contributed by atoms with Crippen LogP contribution in [-0.4, -0.2) is 51.0 Å². The number of pyridine rings is 1. The maximum Gasteiger partial charge on any atom is 0.310 e. The summed E-state index contributed by atoms with van der Waals surface area (Å²) in [5.41, 5.74) is 2.58. The molecule has 33 heavy (non-hydrogen) atoms. The highest BCUT2D eigenvalue weighted by Gasteiger charge is 2.29. The minimum atomic E-state index is -0.251. The van der Waals surface area contributed by atoms with Gasteiger partial charge in [-0.1, -0.05) is 29.3 Å². The van der Waals surface area contributed by atoms with E-state index in [9.17, 15) is 9.59 Å². The van der Waals surface area contributed by atoms with E-state index < -0.39 is 0 Å². The van der Waals surface area contributed by atoms with Crippen LogP contribution in [0.3, 0.4) is 0 Å². The molecule has 9 heteroatoms. The average molecular weight is 489 g/mol. The van der Waals surface area contributed by atoms with E-state index in [0.717, 1.165) is 35.3 Å². The number of piperidine rings is 1. The van der Waals surface area contributed by atoms with Crippen LogP contribution in [0.25, 0.3) is 11.0 Å². The number of carbonyl (C=O) groups is 2. The molecule has 7 nitrogen and oxygen atoms in total. The zero-order chi connectivity index (χ0) is 23.4. The van der Waals surface area contributed by atoms with Gasteiger partial charge in [-0.15, -0.1) is 0 Å². The Morgan fingerprint density at radius 1 is 1.24 bits per heavy atom. The van der Waals surface area contributed by atoms with Crippen LogP contribution in [0.2, 0.25) is 10.0 Å². The first kappa shape index (κ1) is 23.5. The number of carbonyl (C=O) groups excluding carboxylic acids is 2. The first-order valence-electron chi connectivity index (χ1n) is 11.1. The van der Waals surface area contributed by atoms with Gasteiger partial charge in [-0.25, -0.2) is 4.98 Å². The molecule has 0 bridgehead atoms. The number of hydrogen-bond donors (Lipinski definition) is 0. The highest BCUT2D eigenvalue weighted by atomic mass is 35.5.